The van der Waals surface area contributed by atoms with E-state index in [1.165, 1.54) is 25.3 Å². The lowest BCUT2D eigenvalue weighted by Gasteiger charge is -2.12. The highest BCUT2D eigenvalue weighted by atomic mass is 17.1. The minimum atomic E-state index is -0.946. The molecule has 1 unspecified atom stereocenters. The van der Waals surface area contributed by atoms with E-state index >= 15 is 0 Å². The van der Waals surface area contributed by atoms with E-state index in [9.17, 15) is 4.79 Å². The van der Waals surface area contributed by atoms with Crippen LogP contribution >= 0.6 is 0 Å². The lowest BCUT2D eigenvalue weighted by atomic mass is 10.0. The van der Waals surface area contributed by atoms with Gasteiger partial charge in [-0.1, -0.05) is 81.6 Å². The van der Waals surface area contributed by atoms with Gasteiger partial charge in [0.2, 0.25) is 0 Å². The van der Waals surface area contributed by atoms with Gasteiger partial charge in [0.1, 0.15) is 0 Å². The van der Waals surface area contributed by atoms with Crippen molar-refractivity contribution in [2.75, 3.05) is 0 Å². The summed E-state index contributed by atoms with van der Waals surface area (Å²) in [5.41, 5.74) is 0. The summed E-state index contributed by atoms with van der Waals surface area (Å²) < 4.78 is 0. The number of carboxylic acids is 1. The summed E-state index contributed by atoms with van der Waals surface area (Å²) in [6, 6.07) is 0. The maximum absolute atomic E-state index is 10.2. The van der Waals surface area contributed by atoms with Gasteiger partial charge in [-0.3, -0.25) is 5.26 Å². The van der Waals surface area contributed by atoms with E-state index in [4.69, 9.17) is 10.4 Å². The predicted octanol–water partition coefficient (Wildman–Crippen LogP) is 5.68. The monoisotopic (exact) mass is 336 g/mol. The van der Waals surface area contributed by atoms with Gasteiger partial charge >= 0.3 is 5.97 Å². The molecule has 136 valence electrons. The molecule has 0 aromatic carbocycles. The van der Waals surface area contributed by atoms with Crippen molar-refractivity contribution in [3.05, 3.63) is 48.6 Å². The molecule has 0 aliphatic rings. The van der Waals surface area contributed by atoms with E-state index in [1.807, 2.05) is 18.2 Å². The molecule has 2 N–H and O–H groups in total. The van der Waals surface area contributed by atoms with Crippen LogP contribution in [-0.2, 0) is 9.68 Å². The van der Waals surface area contributed by atoms with E-state index in [0.29, 0.717) is 0 Å². The highest BCUT2D eigenvalue weighted by molar-refractivity contribution is 5.80. The average molecular weight is 336 g/mol. The number of allylic oxidation sites excluding steroid dienone is 7. The number of rotatable bonds is 15. The minimum Gasteiger partial charge on any atom is -0.478 e. The SMILES string of the molecule is CCCCCCC(CCCCC=CC=CC=CC=CC(=O)O)OO. The number of hydrogen-bond donors (Lipinski definition) is 2. The van der Waals surface area contributed by atoms with Crippen LogP contribution in [0.25, 0.3) is 0 Å². The summed E-state index contributed by atoms with van der Waals surface area (Å²) in [6.07, 6.45) is 23.7. The molecule has 0 amide bonds. The Labute approximate surface area is 146 Å². The zero-order chi connectivity index (χ0) is 17.9. The Kier molecular flexibility index (Phi) is 16.5. The van der Waals surface area contributed by atoms with Gasteiger partial charge in [-0.15, -0.1) is 0 Å². The maximum Gasteiger partial charge on any atom is 0.328 e. The molecular formula is C20H32O4. The van der Waals surface area contributed by atoms with Crippen LogP contribution in [0.5, 0.6) is 0 Å². The summed E-state index contributed by atoms with van der Waals surface area (Å²) >= 11 is 0. The van der Waals surface area contributed by atoms with Gasteiger partial charge in [0, 0.05) is 6.08 Å². The minimum absolute atomic E-state index is 0.0188. The summed E-state index contributed by atoms with van der Waals surface area (Å²) in [5, 5.41) is 17.3. The maximum atomic E-state index is 10.2. The highest BCUT2D eigenvalue weighted by Gasteiger charge is 2.07. The topological polar surface area (TPSA) is 66.8 Å². The van der Waals surface area contributed by atoms with E-state index in [1.54, 1.807) is 12.2 Å². The molecule has 0 aromatic rings. The van der Waals surface area contributed by atoms with Gasteiger partial charge in [-0.25, -0.2) is 9.68 Å². The van der Waals surface area contributed by atoms with Crippen LogP contribution in [0.15, 0.2) is 48.6 Å². The first-order valence-corrected chi connectivity index (χ1v) is 8.90. The fourth-order valence-corrected chi connectivity index (χ4v) is 2.25. The molecule has 0 saturated heterocycles. The fraction of sp³-hybridized carbons (Fsp3) is 0.550. The first-order valence-electron chi connectivity index (χ1n) is 8.90. The molecule has 0 aliphatic heterocycles. The van der Waals surface area contributed by atoms with Crippen LogP contribution in [-0.4, -0.2) is 22.4 Å². The van der Waals surface area contributed by atoms with Crippen LogP contribution in [0.4, 0.5) is 0 Å². The summed E-state index contributed by atoms with van der Waals surface area (Å²) in [6.45, 7) is 2.19. The van der Waals surface area contributed by atoms with E-state index in [2.05, 4.69) is 17.9 Å². The fourth-order valence-electron chi connectivity index (χ4n) is 2.25. The average Bonchev–Trinajstić information content (AvgIpc) is 2.57. The Morgan fingerprint density at radius 2 is 1.54 bits per heavy atom. The van der Waals surface area contributed by atoms with Gasteiger partial charge in [0.05, 0.1) is 6.10 Å². The smallest absolute Gasteiger partial charge is 0.328 e. The summed E-state index contributed by atoms with van der Waals surface area (Å²) in [4.78, 5) is 14.8. The Hall–Kier alpha value is -1.65. The number of unbranched alkanes of at least 4 members (excludes halogenated alkanes) is 5. The normalized spacial score (nSPS) is 13.8. The van der Waals surface area contributed by atoms with E-state index < -0.39 is 5.97 Å². The number of carbonyl (C=O) groups is 1. The Morgan fingerprint density at radius 3 is 2.17 bits per heavy atom. The van der Waals surface area contributed by atoms with Gasteiger partial charge in [0.25, 0.3) is 0 Å². The summed E-state index contributed by atoms with van der Waals surface area (Å²) in [7, 11) is 0. The molecule has 24 heavy (non-hydrogen) atoms. The number of hydrogen-bond acceptors (Lipinski definition) is 3. The molecular weight excluding hydrogens is 304 g/mol. The Bertz CT molecular complexity index is 408. The van der Waals surface area contributed by atoms with Crippen molar-refractivity contribution in [3.63, 3.8) is 0 Å². The van der Waals surface area contributed by atoms with Crippen LogP contribution in [0, 0.1) is 0 Å². The van der Waals surface area contributed by atoms with E-state index in [-0.39, 0.29) is 6.10 Å². The van der Waals surface area contributed by atoms with Crippen molar-refractivity contribution in [1.82, 2.24) is 0 Å². The van der Waals surface area contributed by atoms with Crippen LogP contribution in [0.1, 0.15) is 64.7 Å². The van der Waals surface area contributed by atoms with Crippen molar-refractivity contribution in [3.8, 4) is 0 Å². The van der Waals surface area contributed by atoms with Crippen LogP contribution in [0.3, 0.4) is 0 Å². The lowest BCUT2D eigenvalue weighted by molar-refractivity contribution is -0.281. The molecule has 0 rings (SSSR count). The molecule has 0 aromatic heterocycles. The second-order valence-electron chi connectivity index (χ2n) is 5.76. The molecule has 0 aliphatic carbocycles. The van der Waals surface area contributed by atoms with Crippen molar-refractivity contribution in [1.29, 1.82) is 0 Å². The summed E-state index contributed by atoms with van der Waals surface area (Å²) in [5.74, 6) is -0.946. The van der Waals surface area contributed by atoms with Crippen molar-refractivity contribution < 1.29 is 20.0 Å². The predicted molar refractivity (Wildman–Crippen MR) is 98.9 cm³/mol. The lowest BCUT2D eigenvalue weighted by Crippen LogP contribution is -2.10. The Morgan fingerprint density at radius 1 is 0.917 bits per heavy atom. The van der Waals surface area contributed by atoms with Gasteiger partial charge < -0.3 is 5.11 Å². The van der Waals surface area contributed by atoms with Gasteiger partial charge in [0.15, 0.2) is 0 Å². The Balaban J connectivity index is 3.64. The molecule has 0 spiro atoms. The number of carboxylic acid groups (broad SMARTS) is 1. The number of aliphatic carboxylic acids is 1. The third-order valence-electron chi connectivity index (χ3n) is 3.61. The van der Waals surface area contributed by atoms with E-state index in [0.717, 1.165) is 44.6 Å². The zero-order valence-electron chi connectivity index (χ0n) is 14.8. The molecule has 0 radical (unpaired) electrons. The van der Waals surface area contributed by atoms with Crippen LogP contribution < -0.4 is 0 Å². The first-order chi connectivity index (χ1) is 11.7. The van der Waals surface area contributed by atoms with Crippen molar-refractivity contribution >= 4 is 5.97 Å². The third kappa shape index (κ3) is 16.7. The standard InChI is InChI=1S/C20H32O4/c1-2-3-4-13-16-19(24-23)17-14-11-9-7-5-6-8-10-12-15-18-20(21)22/h5-8,10,12,15,18-19,23H,2-4,9,11,13-14,16-17H2,1H3,(H,21,22). The quantitative estimate of drug-likeness (QED) is 0.133. The molecule has 0 heterocycles. The largest absolute Gasteiger partial charge is 0.478 e. The molecule has 0 bridgehead atoms. The van der Waals surface area contributed by atoms with Gasteiger partial charge in [-0.2, -0.15) is 0 Å². The molecule has 0 fully saturated rings. The molecule has 4 nitrogen and oxygen atoms in total. The van der Waals surface area contributed by atoms with Crippen molar-refractivity contribution in [2.24, 2.45) is 0 Å². The first kappa shape index (κ1) is 22.4. The molecule has 1 atom stereocenters. The molecule has 0 saturated carbocycles. The molecule has 4 heteroatoms. The second kappa shape index (κ2) is 17.7. The van der Waals surface area contributed by atoms with Crippen LogP contribution in [0.2, 0.25) is 0 Å². The van der Waals surface area contributed by atoms with Gasteiger partial charge in [-0.05, 0) is 25.7 Å². The second-order valence-corrected chi connectivity index (χ2v) is 5.76. The van der Waals surface area contributed by atoms with Crippen molar-refractivity contribution in [2.45, 2.75) is 70.8 Å². The zero-order valence-corrected chi connectivity index (χ0v) is 14.8. The highest BCUT2D eigenvalue weighted by Crippen LogP contribution is 2.14. The third-order valence-corrected chi connectivity index (χ3v) is 3.61.